The molecular formula is C21H23NO5S. The molecule has 1 fully saturated rings. The summed E-state index contributed by atoms with van der Waals surface area (Å²) >= 11 is 0. The van der Waals surface area contributed by atoms with Crippen LogP contribution in [-0.2, 0) is 10.0 Å². The highest BCUT2D eigenvalue weighted by molar-refractivity contribution is 7.89. The summed E-state index contributed by atoms with van der Waals surface area (Å²) in [6.45, 7) is 3.14. The van der Waals surface area contributed by atoms with Crippen LogP contribution in [-0.4, -0.2) is 38.3 Å². The molecule has 7 heteroatoms. The van der Waals surface area contributed by atoms with Crippen LogP contribution in [0.3, 0.4) is 0 Å². The predicted octanol–water partition coefficient (Wildman–Crippen LogP) is 3.58. The van der Waals surface area contributed by atoms with Gasteiger partial charge in [-0.15, -0.1) is 0 Å². The maximum Gasteiger partial charge on any atom is 0.243 e. The summed E-state index contributed by atoms with van der Waals surface area (Å²) in [7, 11) is -3.66. The van der Waals surface area contributed by atoms with Crippen LogP contribution >= 0.6 is 0 Å². The summed E-state index contributed by atoms with van der Waals surface area (Å²) in [5.41, 5.74) is 1.41. The van der Waals surface area contributed by atoms with E-state index >= 15 is 0 Å². The minimum atomic E-state index is -3.66. The van der Waals surface area contributed by atoms with Crippen molar-refractivity contribution < 1.29 is 22.7 Å². The molecule has 2 aliphatic rings. The molecule has 0 amide bonds. The average Bonchev–Trinajstić information content (AvgIpc) is 3.08. The number of rotatable bonds is 4. The molecule has 2 aromatic rings. The lowest BCUT2D eigenvalue weighted by atomic mass is 10.0. The van der Waals surface area contributed by atoms with Crippen molar-refractivity contribution in [2.24, 2.45) is 0 Å². The molecule has 28 heavy (non-hydrogen) atoms. The van der Waals surface area contributed by atoms with E-state index in [1.54, 1.807) is 16.4 Å². The Balaban J connectivity index is 1.64. The van der Waals surface area contributed by atoms with Crippen LogP contribution in [0.4, 0.5) is 0 Å². The van der Waals surface area contributed by atoms with Crippen molar-refractivity contribution in [2.75, 3.05) is 19.8 Å². The van der Waals surface area contributed by atoms with Crippen molar-refractivity contribution in [2.45, 2.75) is 37.1 Å². The molecule has 0 aliphatic carbocycles. The first-order chi connectivity index (χ1) is 13.5. The fourth-order valence-electron chi connectivity index (χ4n) is 3.75. The third kappa shape index (κ3) is 3.52. The standard InChI is InChI=1S/C21H23NO5S/c1-15(23)16-5-8-18(9-6-16)28(24,25)22-11-2-4-19(22)17-7-10-20-21(14-17)27-13-3-12-26-20/h5-10,14,19H,2-4,11-13H2,1H3/t19-/m1/s1. The van der Waals surface area contributed by atoms with Gasteiger partial charge in [-0.25, -0.2) is 8.42 Å². The molecule has 0 bridgehead atoms. The lowest BCUT2D eigenvalue weighted by Crippen LogP contribution is -2.30. The first-order valence-electron chi connectivity index (χ1n) is 9.49. The highest BCUT2D eigenvalue weighted by Crippen LogP contribution is 2.40. The van der Waals surface area contributed by atoms with Gasteiger partial charge in [0.2, 0.25) is 10.0 Å². The summed E-state index contributed by atoms with van der Waals surface area (Å²) in [4.78, 5) is 11.7. The molecular weight excluding hydrogens is 378 g/mol. The highest BCUT2D eigenvalue weighted by Gasteiger charge is 2.36. The molecule has 4 rings (SSSR count). The lowest BCUT2D eigenvalue weighted by molar-refractivity contribution is 0.101. The maximum atomic E-state index is 13.2. The zero-order valence-corrected chi connectivity index (χ0v) is 16.6. The quantitative estimate of drug-likeness (QED) is 0.732. The van der Waals surface area contributed by atoms with Gasteiger partial charge in [-0.1, -0.05) is 18.2 Å². The lowest BCUT2D eigenvalue weighted by Gasteiger charge is -2.25. The Kier molecular flexibility index (Phi) is 5.12. The second-order valence-electron chi connectivity index (χ2n) is 7.11. The number of fused-ring (bicyclic) bond motifs is 1. The summed E-state index contributed by atoms with van der Waals surface area (Å²) < 4.78 is 39.4. The second kappa shape index (κ2) is 7.56. The number of nitrogens with zero attached hydrogens (tertiary/aromatic N) is 1. The third-order valence-electron chi connectivity index (χ3n) is 5.23. The Morgan fingerprint density at radius 1 is 1.00 bits per heavy atom. The second-order valence-corrected chi connectivity index (χ2v) is 9.00. The van der Waals surface area contributed by atoms with E-state index in [2.05, 4.69) is 0 Å². The smallest absolute Gasteiger partial charge is 0.243 e. The van der Waals surface area contributed by atoms with Crippen LogP contribution in [0.15, 0.2) is 47.4 Å². The van der Waals surface area contributed by atoms with Gasteiger partial charge in [0.15, 0.2) is 17.3 Å². The maximum absolute atomic E-state index is 13.2. The van der Waals surface area contributed by atoms with Crippen LogP contribution in [0, 0.1) is 0 Å². The molecule has 2 aromatic carbocycles. The monoisotopic (exact) mass is 401 g/mol. The van der Waals surface area contributed by atoms with E-state index in [-0.39, 0.29) is 16.7 Å². The number of Topliss-reactive ketones (excluding diaryl/α,β-unsaturated/α-hetero) is 1. The van der Waals surface area contributed by atoms with Gasteiger partial charge in [-0.05, 0) is 49.6 Å². The topological polar surface area (TPSA) is 72.9 Å². The third-order valence-corrected chi connectivity index (χ3v) is 7.15. The normalized spacial score (nSPS) is 20.0. The summed E-state index contributed by atoms with van der Waals surface area (Å²) in [6.07, 6.45) is 2.37. The molecule has 0 radical (unpaired) electrons. The van der Waals surface area contributed by atoms with Crippen LogP contribution in [0.2, 0.25) is 0 Å². The Labute approximate surface area is 165 Å². The van der Waals surface area contributed by atoms with E-state index in [1.807, 2.05) is 18.2 Å². The van der Waals surface area contributed by atoms with E-state index in [9.17, 15) is 13.2 Å². The number of ketones is 1. The van der Waals surface area contributed by atoms with E-state index in [0.29, 0.717) is 36.8 Å². The van der Waals surface area contributed by atoms with Gasteiger partial charge in [0, 0.05) is 18.5 Å². The number of sulfonamides is 1. The number of carbonyl (C=O) groups excluding carboxylic acids is 1. The minimum absolute atomic E-state index is 0.0878. The van der Waals surface area contributed by atoms with Gasteiger partial charge < -0.3 is 9.47 Å². The van der Waals surface area contributed by atoms with Crippen LogP contribution in [0.5, 0.6) is 11.5 Å². The fourth-order valence-corrected chi connectivity index (χ4v) is 5.43. The molecule has 1 saturated heterocycles. The van der Waals surface area contributed by atoms with Gasteiger partial charge >= 0.3 is 0 Å². The Morgan fingerprint density at radius 3 is 2.43 bits per heavy atom. The molecule has 0 spiro atoms. The molecule has 148 valence electrons. The van der Waals surface area contributed by atoms with Crippen molar-refractivity contribution in [3.05, 3.63) is 53.6 Å². The van der Waals surface area contributed by atoms with Gasteiger partial charge in [0.25, 0.3) is 0 Å². The van der Waals surface area contributed by atoms with Gasteiger partial charge in [0.1, 0.15) is 0 Å². The van der Waals surface area contributed by atoms with E-state index < -0.39 is 10.0 Å². The number of benzene rings is 2. The van der Waals surface area contributed by atoms with Gasteiger partial charge in [0.05, 0.1) is 24.2 Å². The molecule has 0 saturated carbocycles. The minimum Gasteiger partial charge on any atom is -0.490 e. The number of hydrogen-bond donors (Lipinski definition) is 0. The summed E-state index contributed by atoms with van der Waals surface area (Å²) in [5.74, 6) is 1.29. The molecule has 0 aromatic heterocycles. The first-order valence-corrected chi connectivity index (χ1v) is 10.9. The molecule has 6 nitrogen and oxygen atoms in total. The predicted molar refractivity (Wildman–Crippen MR) is 104 cm³/mol. The number of ether oxygens (including phenoxy) is 2. The van der Waals surface area contributed by atoms with Crippen LogP contribution < -0.4 is 9.47 Å². The van der Waals surface area contributed by atoms with Gasteiger partial charge in [-0.3, -0.25) is 4.79 Å². The average molecular weight is 401 g/mol. The van der Waals surface area contributed by atoms with E-state index in [0.717, 1.165) is 24.8 Å². The largest absolute Gasteiger partial charge is 0.490 e. The SMILES string of the molecule is CC(=O)c1ccc(S(=O)(=O)N2CCC[C@@H]2c2ccc3c(c2)OCCCO3)cc1. The Morgan fingerprint density at radius 2 is 1.71 bits per heavy atom. The fraction of sp³-hybridized carbons (Fsp3) is 0.381. The molecule has 1 atom stereocenters. The van der Waals surface area contributed by atoms with Crippen molar-refractivity contribution in [3.8, 4) is 11.5 Å². The number of hydrogen-bond acceptors (Lipinski definition) is 5. The van der Waals surface area contributed by atoms with Crippen molar-refractivity contribution in [1.29, 1.82) is 0 Å². The number of carbonyl (C=O) groups is 1. The van der Waals surface area contributed by atoms with Crippen LogP contribution in [0.1, 0.15) is 48.1 Å². The zero-order chi connectivity index (χ0) is 19.7. The summed E-state index contributed by atoms with van der Waals surface area (Å²) in [6, 6.07) is 11.6. The Hall–Kier alpha value is -2.38. The molecule has 2 heterocycles. The van der Waals surface area contributed by atoms with Crippen LogP contribution in [0.25, 0.3) is 0 Å². The highest BCUT2D eigenvalue weighted by atomic mass is 32.2. The van der Waals surface area contributed by atoms with Crippen molar-refractivity contribution >= 4 is 15.8 Å². The summed E-state index contributed by atoms with van der Waals surface area (Å²) in [5, 5.41) is 0. The van der Waals surface area contributed by atoms with E-state index in [1.165, 1.54) is 19.1 Å². The molecule has 2 aliphatic heterocycles. The zero-order valence-electron chi connectivity index (χ0n) is 15.8. The Bertz CT molecular complexity index is 984. The van der Waals surface area contributed by atoms with Crippen molar-refractivity contribution in [3.63, 3.8) is 0 Å². The molecule has 0 unspecified atom stereocenters. The van der Waals surface area contributed by atoms with Crippen molar-refractivity contribution in [1.82, 2.24) is 4.31 Å². The molecule has 0 N–H and O–H groups in total. The first kappa shape index (κ1) is 19.0. The van der Waals surface area contributed by atoms with Gasteiger partial charge in [-0.2, -0.15) is 4.31 Å². The van der Waals surface area contributed by atoms with E-state index in [4.69, 9.17) is 9.47 Å².